The fourth-order valence-electron chi connectivity index (χ4n) is 2.68. The van der Waals surface area contributed by atoms with Crippen LogP contribution in [0.4, 0.5) is 0 Å². The third-order valence-electron chi connectivity index (χ3n) is 3.78. The Kier molecular flexibility index (Phi) is 4.51. The number of hydrogen-bond donors (Lipinski definition) is 1. The first-order chi connectivity index (χ1) is 11.6. The molecule has 24 heavy (non-hydrogen) atoms. The van der Waals surface area contributed by atoms with E-state index in [9.17, 15) is 4.79 Å². The largest absolute Gasteiger partial charge is 0.475 e. The van der Waals surface area contributed by atoms with Crippen molar-refractivity contribution in [2.75, 3.05) is 0 Å². The van der Waals surface area contributed by atoms with Crippen molar-refractivity contribution in [2.24, 2.45) is 7.05 Å². The van der Waals surface area contributed by atoms with Crippen molar-refractivity contribution < 1.29 is 9.53 Å². The average molecular weight is 323 g/mol. The molecule has 0 spiro atoms. The topological polar surface area (TPSA) is 56.1 Å². The van der Waals surface area contributed by atoms with Crippen LogP contribution in [0.25, 0.3) is 10.9 Å². The van der Waals surface area contributed by atoms with Crippen LogP contribution in [-0.2, 0) is 13.6 Å². The molecule has 0 radical (unpaired) electrons. The molecule has 2 heterocycles. The maximum absolute atomic E-state index is 12.6. The number of carbonyl (C=O) groups is 1. The molecule has 1 aromatic carbocycles. The summed E-state index contributed by atoms with van der Waals surface area (Å²) < 4.78 is 7.65. The Morgan fingerprint density at radius 2 is 2.04 bits per heavy atom. The van der Waals surface area contributed by atoms with Gasteiger partial charge in [-0.1, -0.05) is 24.3 Å². The number of aryl methyl sites for hydroxylation is 1. The van der Waals surface area contributed by atoms with Crippen molar-refractivity contribution in [2.45, 2.75) is 26.5 Å². The molecule has 0 fully saturated rings. The smallest absolute Gasteiger partial charge is 0.253 e. The maximum atomic E-state index is 12.6. The number of nitrogens with zero attached hydrogens (tertiary/aromatic N) is 2. The van der Waals surface area contributed by atoms with Gasteiger partial charge in [0, 0.05) is 42.5 Å². The van der Waals surface area contributed by atoms with Gasteiger partial charge in [0.15, 0.2) is 0 Å². The summed E-state index contributed by atoms with van der Waals surface area (Å²) in [5.41, 5.74) is 2.57. The predicted molar refractivity (Wildman–Crippen MR) is 94.1 cm³/mol. The quantitative estimate of drug-likeness (QED) is 0.784. The lowest BCUT2D eigenvalue weighted by molar-refractivity contribution is 0.0952. The van der Waals surface area contributed by atoms with Crippen molar-refractivity contribution in [1.82, 2.24) is 14.9 Å². The van der Waals surface area contributed by atoms with E-state index in [1.807, 2.05) is 68.1 Å². The van der Waals surface area contributed by atoms with E-state index in [-0.39, 0.29) is 12.0 Å². The van der Waals surface area contributed by atoms with Crippen LogP contribution in [0.5, 0.6) is 5.88 Å². The highest BCUT2D eigenvalue weighted by Gasteiger charge is 2.14. The number of benzene rings is 1. The lowest BCUT2D eigenvalue weighted by Crippen LogP contribution is -2.23. The Hall–Kier alpha value is -2.82. The fraction of sp³-hybridized carbons (Fsp3) is 0.263. The third kappa shape index (κ3) is 3.25. The highest BCUT2D eigenvalue weighted by atomic mass is 16.5. The molecule has 0 atom stereocenters. The molecule has 3 rings (SSSR count). The van der Waals surface area contributed by atoms with Gasteiger partial charge in [0.1, 0.15) is 0 Å². The summed E-state index contributed by atoms with van der Waals surface area (Å²) in [7, 11) is 1.94. The number of carbonyl (C=O) groups excluding carboxylic acids is 1. The highest BCUT2D eigenvalue weighted by molar-refractivity contribution is 6.06. The van der Waals surface area contributed by atoms with Crippen LogP contribution in [0.1, 0.15) is 29.8 Å². The summed E-state index contributed by atoms with van der Waals surface area (Å²) in [6.45, 7) is 4.28. The van der Waals surface area contributed by atoms with Crippen molar-refractivity contribution in [3.8, 4) is 5.88 Å². The molecule has 2 aromatic heterocycles. The summed E-state index contributed by atoms with van der Waals surface area (Å²) in [6.07, 6.45) is 3.58. The molecule has 124 valence electrons. The van der Waals surface area contributed by atoms with E-state index in [0.717, 1.165) is 16.5 Å². The van der Waals surface area contributed by atoms with Crippen molar-refractivity contribution >= 4 is 16.8 Å². The van der Waals surface area contributed by atoms with Crippen LogP contribution >= 0.6 is 0 Å². The van der Waals surface area contributed by atoms with Crippen molar-refractivity contribution in [3.05, 3.63) is 59.9 Å². The van der Waals surface area contributed by atoms with Crippen LogP contribution in [-0.4, -0.2) is 21.6 Å². The number of ether oxygens (including phenoxy) is 1. The van der Waals surface area contributed by atoms with Crippen molar-refractivity contribution in [3.63, 3.8) is 0 Å². The number of nitrogens with one attached hydrogen (secondary N) is 1. The van der Waals surface area contributed by atoms with Gasteiger partial charge in [0.25, 0.3) is 5.91 Å². The lowest BCUT2D eigenvalue weighted by atomic mass is 10.1. The number of aromatic nitrogens is 2. The fourth-order valence-corrected chi connectivity index (χ4v) is 2.68. The van der Waals surface area contributed by atoms with E-state index in [0.29, 0.717) is 18.0 Å². The first kappa shape index (κ1) is 16.1. The van der Waals surface area contributed by atoms with Crippen LogP contribution in [0.15, 0.2) is 48.8 Å². The van der Waals surface area contributed by atoms with Gasteiger partial charge in [-0.05, 0) is 26.0 Å². The molecule has 0 aliphatic heterocycles. The summed E-state index contributed by atoms with van der Waals surface area (Å²) in [5.74, 6) is 0.455. The minimum Gasteiger partial charge on any atom is -0.475 e. The molecule has 5 heteroatoms. The van der Waals surface area contributed by atoms with Gasteiger partial charge in [-0.15, -0.1) is 0 Å². The highest BCUT2D eigenvalue weighted by Crippen LogP contribution is 2.21. The molecule has 5 nitrogen and oxygen atoms in total. The average Bonchev–Trinajstić information content (AvgIpc) is 2.91. The van der Waals surface area contributed by atoms with Crippen LogP contribution < -0.4 is 10.1 Å². The molecule has 0 aliphatic carbocycles. The van der Waals surface area contributed by atoms with Gasteiger partial charge in [-0.3, -0.25) is 4.79 Å². The zero-order valence-corrected chi connectivity index (χ0v) is 14.1. The van der Waals surface area contributed by atoms with E-state index in [4.69, 9.17) is 4.74 Å². The number of fused-ring (bicyclic) bond motifs is 1. The Balaban J connectivity index is 1.79. The first-order valence-corrected chi connectivity index (χ1v) is 7.99. The predicted octanol–water partition coefficient (Wildman–Crippen LogP) is 3.29. The van der Waals surface area contributed by atoms with Crippen LogP contribution in [0.2, 0.25) is 0 Å². The molecule has 0 unspecified atom stereocenters. The summed E-state index contributed by atoms with van der Waals surface area (Å²) in [5, 5.41) is 3.91. The number of amides is 1. The van der Waals surface area contributed by atoms with E-state index in [1.54, 1.807) is 6.20 Å². The molecule has 1 N–H and O–H groups in total. The van der Waals surface area contributed by atoms with Crippen LogP contribution in [0, 0.1) is 0 Å². The molecule has 0 bridgehead atoms. The Labute approximate surface area is 141 Å². The van der Waals surface area contributed by atoms with Gasteiger partial charge < -0.3 is 14.6 Å². The third-order valence-corrected chi connectivity index (χ3v) is 3.78. The summed E-state index contributed by atoms with van der Waals surface area (Å²) in [4.78, 5) is 16.8. The second kappa shape index (κ2) is 6.74. The number of para-hydroxylation sites is 1. The van der Waals surface area contributed by atoms with Gasteiger partial charge in [-0.25, -0.2) is 4.98 Å². The van der Waals surface area contributed by atoms with E-state index in [1.165, 1.54) is 0 Å². The number of rotatable bonds is 5. The van der Waals surface area contributed by atoms with Gasteiger partial charge >= 0.3 is 0 Å². The normalized spacial score (nSPS) is 11.0. The molecule has 0 saturated carbocycles. The van der Waals surface area contributed by atoms with Gasteiger partial charge in [0.2, 0.25) is 5.88 Å². The number of hydrogen-bond acceptors (Lipinski definition) is 3. The summed E-state index contributed by atoms with van der Waals surface area (Å²) >= 11 is 0. The number of pyridine rings is 1. The Morgan fingerprint density at radius 3 is 2.83 bits per heavy atom. The first-order valence-electron chi connectivity index (χ1n) is 7.99. The minimum atomic E-state index is -0.105. The molecule has 0 saturated heterocycles. The Bertz CT molecular complexity index is 868. The van der Waals surface area contributed by atoms with Crippen molar-refractivity contribution in [1.29, 1.82) is 0 Å². The molecule has 1 amide bonds. The van der Waals surface area contributed by atoms with E-state index >= 15 is 0 Å². The molecular weight excluding hydrogens is 302 g/mol. The lowest BCUT2D eigenvalue weighted by Gasteiger charge is -2.13. The summed E-state index contributed by atoms with van der Waals surface area (Å²) in [6, 6.07) is 11.6. The van der Waals surface area contributed by atoms with E-state index < -0.39 is 0 Å². The molecular formula is C19H21N3O2. The Morgan fingerprint density at radius 1 is 1.25 bits per heavy atom. The maximum Gasteiger partial charge on any atom is 0.253 e. The SMILES string of the molecule is CC(C)Oc1ncccc1CNC(=O)c1cn(C)c2ccccc12. The second-order valence-electron chi connectivity index (χ2n) is 5.99. The van der Waals surface area contributed by atoms with Gasteiger partial charge in [0.05, 0.1) is 11.7 Å². The molecule has 0 aliphatic rings. The monoisotopic (exact) mass is 323 g/mol. The standard InChI is InChI=1S/C19H21N3O2/c1-13(2)24-19-14(7-6-10-20-19)11-21-18(23)16-12-22(3)17-9-5-4-8-15(16)17/h4-10,12-13H,11H2,1-3H3,(H,21,23). The second-order valence-corrected chi connectivity index (χ2v) is 5.99. The minimum absolute atomic E-state index is 0.0346. The van der Waals surface area contributed by atoms with E-state index in [2.05, 4.69) is 10.3 Å². The molecule has 3 aromatic rings. The van der Waals surface area contributed by atoms with Gasteiger partial charge in [-0.2, -0.15) is 0 Å². The van der Waals surface area contributed by atoms with Crippen LogP contribution in [0.3, 0.4) is 0 Å². The zero-order chi connectivity index (χ0) is 17.1. The zero-order valence-electron chi connectivity index (χ0n) is 14.1.